The van der Waals surface area contributed by atoms with E-state index >= 15 is 0 Å². The van der Waals surface area contributed by atoms with Gasteiger partial charge in [0.25, 0.3) is 0 Å². The summed E-state index contributed by atoms with van der Waals surface area (Å²) in [5.41, 5.74) is 6.83. The minimum atomic E-state index is 0.289. The average Bonchev–Trinajstić information content (AvgIpc) is 2.36. The number of rotatable bonds is 6. The second-order valence-corrected chi connectivity index (χ2v) is 4.26. The number of nitrogens with two attached hydrogens (primary N) is 1. The Kier molecular flexibility index (Phi) is 5.49. The van der Waals surface area contributed by atoms with Gasteiger partial charge in [-0.2, -0.15) is 0 Å². The molecule has 1 unspecified atom stereocenters. The van der Waals surface area contributed by atoms with Gasteiger partial charge in [-0.1, -0.05) is 42.4 Å². The zero-order chi connectivity index (χ0) is 12.7. The smallest absolute Gasteiger partial charge is 0.140 e. The van der Waals surface area contributed by atoms with Crippen LogP contribution in [0.3, 0.4) is 0 Å². The SMILES string of the molecule is CCC(C/C(N)=N/O)N(C)Cc1ccccc1. The number of oxime groups is 1. The molecule has 1 rings (SSSR count). The molecule has 4 nitrogen and oxygen atoms in total. The van der Waals surface area contributed by atoms with Crippen molar-refractivity contribution in [1.82, 2.24) is 4.90 Å². The molecule has 1 atom stereocenters. The van der Waals surface area contributed by atoms with Gasteiger partial charge in [-0.15, -0.1) is 0 Å². The van der Waals surface area contributed by atoms with Gasteiger partial charge in [0.1, 0.15) is 5.84 Å². The van der Waals surface area contributed by atoms with E-state index in [4.69, 9.17) is 10.9 Å². The Morgan fingerprint density at radius 1 is 1.41 bits per heavy atom. The standard InChI is InChI=1S/C13H21N3O/c1-3-12(9-13(14)15-17)16(2)10-11-7-5-4-6-8-11/h4-8,12,17H,3,9-10H2,1-2H3,(H2,14,15). The zero-order valence-electron chi connectivity index (χ0n) is 10.5. The summed E-state index contributed by atoms with van der Waals surface area (Å²) in [5, 5.41) is 11.6. The summed E-state index contributed by atoms with van der Waals surface area (Å²) >= 11 is 0. The molecule has 0 aromatic heterocycles. The summed E-state index contributed by atoms with van der Waals surface area (Å²) in [5.74, 6) is 0.289. The van der Waals surface area contributed by atoms with Crippen molar-refractivity contribution in [3.63, 3.8) is 0 Å². The van der Waals surface area contributed by atoms with Crippen LogP contribution in [-0.4, -0.2) is 29.0 Å². The van der Waals surface area contributed by atoms with E-state index in [0.717, 1.165) is 13.0 Å². The number of hydrogen-bond acceptors (Lipinski definition) is 3. The monoisotopic (exact) mass is 235 g/mol. The quantitative estimate of drug-likeness (QED) is 0.343. The van der Waals surface area contributed by atoms with Crippen LogP contribution in [0.2, 0.25) is 0 Å². The summed E-state index contributed by atoms with van der Waals surface area (Å²) in [6.45, 7) is 2.98. The predicted octanol–water partition coefficient (Wildman–Crippen LogP) is 2.03. The van der Waals surface area contributed by atoms with Gasteiger partial charge in [0.15, 0.2) is 0 Å². The molecule has 0 saturated carbocycles. The Morgan fingerprint density at radius 2 is 2.06 bits per heavy atom. The van der Waals surface area contributed by atoms with E-state index in [1.165, 1.54) is 5.56 Å². The largest absolute Gasteiger partial charge is 0.409 e. The van der Waals surface area contributed by atoms with Crippen LogP contribution in [0.1, 0.15) is 25.3 Å². The lowest BCUT2D eigenvalue weighted by molar-refractivity contribution is 0.230. The zero-order valence-corrected chi connectivity index (χ0v) is 10.5. The van der Waals surface area contributed by atoms with Gasteiger partial charge >= 0.3 is 0 Å². The minimum Gasteiger partial charge on any atom is -0.409 e. The summed E-state index contributed by atoms with van der Waals surface area (Å²) in [6.07, 6.45) is 1.57. The minimum absolute atomic E-state index is 0.289. The Labute approximate surface area is 103 Å². The van der Waals surface area contributed by atoms with Gasteiger partial charge in [-0.05, 0) is 19.0 Å². The van der Waals surface area contributed by atoms with E-state index in [1.54, 1.807) is 0 Å². The normalized spacial score (nSPS) is 13.9. The molecule has 17 heavy (non-hydrogen) atoms. The second-order valence-electron chi connectivity index (χ2n) is 4.26. The van der Waals surface area contributed by atoms with Crippen molar-refractivity contribution < 1.29 is 5.21 Å². The van der Waals surface area contributed by atoms with Crippen LogP contribution in [0.15, 0.2) is 35.5 Å². The first-order chi connectivity index (χ1) is 8.17. The van der Waals surface area contributed by atoms with E-state index in [0.29, 0.717) is 12.5 Å². The van der Waals surface area contributed by atoms with Crippen molar-refractivity contribution in [3.8, 4) is 0 Å². The number of benzene rings is 1. The Bertz CT molecular complexity index is 351. The van der Waals surface area contributed by atoms with Crippen LogP contribution in [0.25, 0.3) is 0 Å². The van der Waals surface area contributed by atoms with Crippen LogP contribution in [0.5, 0.6) is 0 Å². The van der Waals surface area contributed by atoms with Gasteiger partial charge in [-0.3, -0.25) is 4.90 Å². The fourth-order valence-corrected chi connectivity index (χ4v) is 1.89. The third-order valence-electron chi connectivity index (χ3n) is 2.94. The van der Waals surface area contributed by atoms with Crippen LogP contribution < -0.4 is 5.73 Å². The molecule has 1 aromatic carbocycles. The lowest BCUT2D eigenvalue weighted by atomic mass is 10.1. The molecule has 94 valence electrons. The van der Waals surface area contributed by atoms with Crippen molar-refractivity contribution in [3.05, 3.63) is 35.9 Å². The van der Waals surface area contributed by atoms with E-state index in [-0.39, 0.29) is 5.84 Å². The highest BCUT2D eigenvalue weighted by atomic mass is 16.4. The molecule has 0 radical (unpaired) electrons. The first-order valence-electron chi connectivity index (χ1n) is 5.88. The van der Waals surface area contributed by atoms with Crippen molar-refractivity contribution >= 4 is 5.84 Å². The molecule has 0 spiro atoms. The first kappa shape index (κ1) is 13.5. The average molecular weight is 235 g/mol. The fourth-order valence-electron chi connectivity index (χ4n) is 1.89. The summed E-state index contributed by atoms with van der Waals surface area (Å²) in [7, 11) is 2.06. The van der Waals surface area contributed by atoms with Crippen molar-refractivity contribution in [2.75, 3.05) is 7.05 Å². The predicted molar refractivity (Wildman–Crippen MR) is 70.0 cm³/mol. The highest BCUT2D eigenvalue weighted by Gasteiger charge is 2.14. The van der Waals surface area contributed by atoms with Gasteiger partial charge in [0, 0.05) is 19.0 Å². The summed E-state index contributed by atoms with van der Waals surface area (Å²) < 4.78 is 0. The first-order valence-corrected chi connectivity index (χ1v) is 5.88. The molecule has 0 fully saturated rings. The summed E-state index contributed by atoms with van der Waals surface area (Å²) in [6, 6.07) is 10.6. The molecule has 0 saturated heterocycles. The van der Waals surface area contributed by atoms with Gasteiger partial charge < -0.3 is 10.9 Å². The maximum Gasteiger partial charge on any atom is 0.140 e. The van der Waals surface area contributed by atoms with E-state index in [2.05, 4.69) is 36.2 Å². The Balaban J connectivity index is 2.58. The van der Waals surface area contributed by atoms with Crippen molar-refractivity contribution in [1.29, 1.82) is 0 Å². The van der Waals surface area contributed by atoms with Gasteiger partial charge in [0.2, 0.25) is 0 Å². The number of amidine groups is 1. The highest BCUT2D eigenvalue weighted by molar-refractivity contribution is 5.80. The molecule has 0 heterocycles. The van der Waals surface area contributed by atoms with E-state index < -0.39 is 0 Å². The summed E-state index contributed by atoms with van der Waals surface area (Å²) in [4.78, 5) is 2.23. The van der Waals surface area contributed by atoms with Crippen LogP contribution in [0, 0.1) is 0 Å². The molecule has 0 bridgehead atoms. The molecular weight excluding hydrogens is 214 g/mol. The van der Waals surface area contributed by atoms with Crippen LogP contribution >= 0.6 is 0 Å². The van der Waals surface area contributed by atoms with Crippen LogP contribution in [0.4, 0.5) is 0 Å². The van der Waals surface area contributed by atoms with Gasteiger partial charge in [0.05, 0.1) is 0 Å². The molecule has 0 aliphatic rings. The maximum atomic E-state index is 8.60. The Morgan fingerprint density at radius 3 is 2.59 bits per heavy atom. The van der Waals surface area contributed by atoms with E-state index in [1.807, 2.05) is 18.2 Å². The number of hydrogen-bond donors (Lipinski definition) is 2. The molecule has 0 aliphatic carbocycles. The third kappa shape index (κ3) is 4.44. The Hall–Kier alpha value is -1.55. The lowest BCUT2D eigenvalue weighted by Crippen LogP contribution is -2.34. The van der Waals surface area contributed by atoms with Crippen molar-refractivity contribution in [2.24, 2.45) is 10.9 Å². The maximum absolute atomic E-state index is 8.60. The molecule has 0 aliphatic heterocycles. The highest BCUT2D eigenvalue weighted by Crippen LogP contribution is 2.11. The van der Waals surface area contributed by atoms with Crippen molar-refractivity contribution in [2.45, 2.75) is 32.4 Å². The molecule has 4 heteroatoms. The molecule has 3 N–H and O–H groups in total. The molecular formula is C13H21N3O. The van der Waals surface area contributed by atoms with Gasteiger partial charge in [-0.25, -0.2) is 0 Å². The number of nitrogens with zero attached hydrogens (tertiary/aromatic N) is 2. The topological polar surface area (TPSA) is 61.9 Å². The second kappa shape index (κ2) is 6.91. The molecule has 1 aromatic rings. The van der Waals surface area contributed by atoms with E-state index in [9.17, 15) is 0 Å². The lowest BCUT2D eigenvalue weighted by Gasteiger charge is -2.26. The van der Waals surface area contributed by atoms with Crippen LogP contribution in [-0.2, 0) is 6.54 Å². The fraction of sp³-hybridized carbons (Fsp3) is 0.462. The third-order valence-corrected chi connectivity index (χ3v) is 2.94. The molecule has 0 amide bonds.